The summed E-state index contributed by atoms with van der Waals surface area (Å²) in [6.45, 7) is 4.33. The molecule has 0 spiro atoms. The van der Waals surface area contributed by atoms with E-state index < -0.39 is 0 Å². The van der Waals surface area contributed by atoms with Crippen LogP contribution in [-0.2, 0) is 32.9 Å². The van der Waals surface area contributed by atoms with Crippen molar-refractivity contribution in [2.45, 2.75) is 32.7 Å². The second-order valence-corrected chi connectivity index (χ2v) is 10.2. The fourth-order valence-corrected chi connectivity index (χ4v) is 5.46. The molecule has 0 saturated carbocycles. The van der Waals surface area contributed by atoms with Gasteiger partial charge < -0.3 is 19.8 Å². The Bertz CT molecular complexity index is 1710. The quantitative estimate of drug-likeness (QED) is 0.257. The number of hydrogen-bond acceptors (Lipinski definition) is 4. The van der Waals surface area contributed by atoms with E-state index in [0.717, 1.165) is 60.1 Å². The number of carbonyl (C=O) groups excluding carboxylic acids is 1. The molecule has 3 heterocycles. The lowest BCUT2D eigenvalue weighted by Crippen LogP contribution is -2.34. The number of aromatic nitrogens is 4. The number of hydrogen-bond donors (Lipinski definition) is 2. The monoisotopic (exact) mass is 519 g/mol. The van der Waals surface area contributed by atoms with Crippen molar-refractivity contribution in [3.05, 3.63) is 94.8 Å². The van der Waals surface area contributed by atoms with Gasteiger partial charge in [0.05, 0.1) is 35.5 Å². The van der Waals surface area contributed by atoms with E-state index in [1.54, 1.807) is 0 Å². The molecule has 0 saturated heterocycles. The Morgan fingerprint density at radius 2 is 1.95 bits per heavy atom. The molecule has 2 aromatic heterocycles. The average molecular weight is 520 g/mol. The number of carbonyl (C=O) groups is 1. The number of aromatic amines is 1. The van der Waals surface area contributed by atoms with Crippen molar-refractivity contribution in [2.75, 3.05) is 20.1 Å². The van der Waals surface area contributed by atoms with Crippen LogP contribution in [-0.4, -0.2) is 56.3 Å². The molecule has 0 unspecified atom stereocenters. The van der Waals surface area contributed by atoms with Crippen LogP contribution in [0.5, 0.6) is 0 Å². The molecule has 6 rings (SSSR count). The topological polar surface area (TPSA) is 91.2 Å². The number of benzene rings is 3. The predicted molar refractivity (Wildman–Crippen MR) is 155 cm³/mol. The van der Waals surface area contributed by atoms with E-state index in [1.807, 2.05) is 45.3 Å². The van der Waals surface area contributed by atoms with Gasteiger partial charge in [-0.2, -0.15) is 0 Å². The molecule has 0 atom stereocenters. The minimum absolute atomic E-state index is 0.0749. The van der Waals surface area contributed by atoms with Gasteiger partial charge in [0.1, 0.15) is 11.6 Å². The molecule has 8 heteroatoms. The highest BCUT2D eigenvalue weighted by Gasteiger charge is 2.22. The van der Waals surface area contributed by atoms with Crippen molar-refractivity contribution in [1.29, 1.82) is 0 Å². The first-order valence-electron chi connectivity index (χ1n) is 13.5. The largest absolute Gasteiger partial charge is 0.354 e. The van der Waals surface area contributed by atoms with Crippen LogP contribution in [0.25, 0.3) is 21.8 Å². The first kappa shape index (κ1) is 24.9. The number of amides is 1. The summed E-state index contributed by atoms with van der Waals surface area (Å²) in [6.07, 6.45) is 2.31. The third-order valence-corrected chi connectivity index (χ3v) is 7.79. The summed E-state index contributed by atoms with van der Waals surface area (Å²) in [5.41, 5.74) is 5.96. The number of aliphatic imine (C=N–C) groups is 1. The third-order valence-electron chi connectivity index (χ3n) is 7.79. The molecule has 5 aromatic rings. The Morgan fingerprint density at radius 1 is 1.10 bits per heavy atom. The molecule has 3 aromatic carbocycles. The van der Waals surface area contributed by atoms with Crippen molar-refractivity contribution >= 4 is 33.5 Å². The summed E-state index contributed by atoms with van der Waals surface area (Å²) >= 11 is 0. The van der Waals surface area contributed by atoms with Crippen LogP contribution in [0.3, 0.4) is 0 Å². The highest BCUT2D eigenvalue weighted by molar-refractivity contribution is 5.97. The highest BCUT2D eigenvalue weighted by atomic mass is 16.1. The summed E-state index contributed by atoms with van der Waals surface area (Å²) in [7, 11) is 3.83. The number of amidine groups is 1. The Kier molecular flexibility index (Phi) is 6.60. The third kappa shape index (κ3) is 4.90. The lowest BCUT2D eigenvalue weighted by molar-refractivity contribution is 0.0954. The van der Waals surface area contributed by atoms with Gasteiger partial charge in [-0.25, -0.2) is 9.97 Å². The number of aryl methyl sites for hydroxylation is 1. The number of fused-ring (bicyclic) bond motifs is 3. The number of imidazole rings is 2. The molecule has 2 N–H and O–H groups in total. The van der Waals surface area contributed by atoms with Crippen LogP contribution in [0.15, 0.2) is 65.7 Å². The number of rotatable bonds is 6. The lowest BCUT2D eigenvalue weighted by atomic mass is 10.0. The minimum Gasteiger partial charge on any atom is -0.354 e. The van der Waals surface area contributed by atoms with Crippen molar-refractivity contribution in [3.8, 4) is 0 Å². The maximum atomic E-state index is 13.0. The van der Waals surface area contributed by atoms with Gasteiger partial charge in [0.15, 0.2) is 0 Å². The fraction of sp³-hybridized carbons (Fsp3) is 0.290. The molecular weight excluding hydrogens is 486 g/mol. The minimum atomic E-state index is -0.0749. The van der Waals surface area contributed by atoms with Crippen LogP contribution in [0, 0.1) is 0 Å². The van der Waals surface area contributed by atoms with E-state index in [-0.39, 0.29) is 5.91 Å². The van der Waals surface area contributed by atoms with Gasteiger partial charge in [-0.3, -0.25) is 9.79 Å². The first-order chi connectivity index (χ1) is 19.0. The van der Waals surface area contributed by atoms with E-state index >= 15 is 0 Å². The summed E-state index contributed by atoms with van der Waals surface area (Å²) in [5, 5.41) is 5.54. The van der Waals surface area contributed by atoms with E-state index in [1.165, 1.54) is 22.0 Å². The number of H-pyrrole nitrogens is 1. The van der Waals surface area contributed by atoms with E-state index in [0.29, 0.717) is 18.5 Å². The van der Waals surface area contributed by atoms with Crippen LogP contribution in [0.2, 0.25) is 0 Å². The first-order valence-corrected chi connectivity index (χ1v) is 13.5. The second-order valence-electron chi connectivity index (χ2n) is 10.2. The Balaban J connectivity index is 1.14. The second kappa shape index (κ2) is 10.4. The highest BCUT2D eigenvalue weighted by Crippen LogP contribution is 2.22. The van der Waals surface area contributed by atoms with Gasteiger partial charge in [-0.05, 0) is 47.9 Å². The van der Waals surface area contributed by atoms with Gasteiger partial charge in [0, 0.05) is 44.9 Å². The summed E-state index contributed by atoms with van der Waals surface area (Å²) in [6, 6.07) is 20.4. The van der Waals surface area contributed by atoms with Gasteiger partial charge in [0.2, 0.25) is 0 Å². The Labute approximate surface area is 227 Å². The molecule has 0 aliphatic carbocycles. The van der Waals surface area contributed by atoms with Crippen LogP contribution in [0.1, 0.15) is 45.9 Å². The molecular formula is C31H33N7O. The fourth-order valence-electron chi connectivity index (χ4n) is 5.46. The molecule has 1 aliphatic rings. The van der Waals surface area contributed by atoms with Crippen molar-refractivity contribution in [3.63, 3.8) is 0 Å². The summed E-state index contributed by atoms with van der Waals surface area (Å²) in [4.78, 5) is 32.8. The van der Waals surface area contributed by atoms with E-state index in [4.69, 9.17) is 9.97 Å². The maximum absolute atomic E-state index is 13.0. The van der Waals surface area contributed by atoms with Crippen molar-refractivity contribution in [1.82, 2.24) is 29.7 Å². The summed E-state index contributed by atoms with van der Waals surface area (Å²) < 4.78 is 2.06. The molecule has 0 bridgehead atoms. The van der Waals surface area contributed by atoms with Crippen LogP contribution in [0.4, 0.5) is 0 Å². The average Bonchev–Trinajstić information content (AvgIpc) is 3.51. The van der Waals surface area contributed by atoms with Gasteiger partial charge in [-0.1, -0.05) is 42.5 Å². The number of nitrogens with one attached hydrogen (secondary N) is 2. The zero-order valence-corrected chi connectivity index (χ0v) is 22.7. The zero-order chi connectivity index (χ0) is 26.9. The lowest BCUT2D eigenvalue weighted by Gasteiger charge is -2.27. The molecule has 0 radical (unpaired) electrons. The van der Waals surface area contributed by atoms with Gasteiger partial charge in [-0.15, -0.1) is 0 Å². The van der Waals surface area contributed by atoms with Crippen molar-refractivity contribution < 1.29 is 4.79 Å². The standard InChI is InChI=1S/C31H33N7O/c1-20(32-2)38-16-14-25-27(19-38)35-29(34-25)18-30-36-26-12-11-23(17-28(26)37(30)3)31(39)33-15-13-22-9-6-8-21-7-4-5-10-24(21)22/h4-12,17H,13-16,18-19H2,1-3H3,(H,33,39)(H,34,35)/b32-20+. The van der Waals surface area contributed by atoms with E-state index in [9.17, 15) is 4.79 Å². The molecule has 198 valence electrons. The molecule has 8 nitrogen and oxygen atoms in total. The van der Waals surface area contributed by atoms with Crippen LogP contribution >= 0.6 is 0 Å². The predicted octanol–water partition coefficient (Wildman–Crippen LogP) is 4.42. The zero-order valence-electron chi connectivity index (χ0n) is 22.7. The molecule has 1 aliphatic heterocycles. The van der Waals surface area contributed by atoms with Crippen molar-refractivity contribution in [2.24, 2.45) is 12.0 Å². The van der Waals surface area contributed by atoms with Gasteiger partial charge in [0.25, 0.3) is 5.91 Å². The van der Waals surface area contributed by atoms with E-state index in [2.05, 4.69) is 61.2 Å². The molecule has 0 fully saturated rings. The number of nitrogens with zero attached hydrogens (tertiary/aromatic N) is 5. The maximum Gasteiger partial charge on any atom is 0.251 e. The Hall–Kier alpha value is -4.46. The normalized spacial score (nSPS) is 13.7. The summed E-state index contributed by atoms with van der Waals surface area (Å²) in [5.74, 6) is 2.79. The molecule has 39 heavy (non-hydrogen) atoms. The smallest absolute Gasteiger partial charge is 0.251 e. The molecule has 1 amide bonds. The SMILES string of the molecule is C/N=C(\C)N1CCc2[nH]c(Cc3nc4ccc(C(=O)NCCc5cccc6ccccc56)cc4n3C)nc2C1. The van der Waals surface area contributed by atoms with Gasteiger partial charge >= 0.3 is 0 Å². The Morgan fingerprint density at radius 3 is 2.82 bits per heavy atom. The van der Waals surface area contributed by atoms with Crippen LogP contribution < -0.4 is 5.32 Å².